The van der Waals surface area contributed by atoms with Crippen LogP contribution < -0.4 is 16.6 Å². The first-order chi connectivity index (χ1) is 8.60. The van der Waals surface area contributed by atoms with Crippen LogP contribution in [0.15, 0.2) is 4.99 Å². The van der Waals surface area contributed by atoms with Gasteiger partial charge in [-0.2, -0.15) is 5.10 Å². The van der Waals surface area contributed by atoms with E-state index in [1.807, 2.05) is 25.6 Å². The number of aromatic nitrogens is 2. The predicted molar refractivity (Wildman–Crippen MR) is 74.1 cm³/mol. The molecule has 0 fully saturated rings. The molecule has 0 saturated carbocycles. The molecule has 6 heteroatoms. The lowest BCUT2D eigenvalue weighted by atomic mass is 10.2. The molecule has 4 N–H and O–H groups in total. The zero-order chi connectivity index (χ0) is 13.5. The van der Waals surface area contributed by atoms with E-state index < -0.39 is 0 Å². The lowest BCUT2D eigenvalue weighted by Crippen LogP contribution is -2.42. The highest BCUT2D eigenvalue weighted by atomic mass is 15.3. The highest BCUT2D eigenvalue weighted by Crippen LogP contribution is 2.12. The van der Waals surface area contributed by atoms with E-state index in [9.17, 15) is 0 Å². The minimum Gasteiger partial charge on any atom is -0.355 e. The Balaban J connectivity index is 2.64. The smallest absolute Gasteiger partial charge is 0.206 e. The molecule has 1 aromatic rings. The topological polar surface area (TPSA) is 80.3 Å². The number of nitrogens with one attached hydrogen (secondary N) is 2. The van der Waals surface area contributed by atoms with Crippen LogP contribution in [0, 0.1) is 13.8 Å². The minimum absolute atomic E-state index is 0.587. The van der Waals surface area contributed by atoms with Crippen molar-refractivity contribution in [2.45, 2.75) is 40.2 Å². The van der Waals surface area contributed by atoms with Gasteiger partial charge in [-0.3, -0.25) is 10.1 Å². The molecule has 0 bridgehead atoms. The molecule has 1 aromatic heterocycles. The third-order valence-corrected chi connectivity index (χ3v) is 3.01. The van der Waals surface area contributed by atoms with Gasteiger partial charge in [0.25, 0.3) is 0 Å². The number of hydrogen-bond donors (Lipinski definition) is 3. The Bertz CT molecular complexity index is 407. The number of aliphatic imine (C=N–C) groups is 1. The van der Waals surface area contributed by atoms with Crippen LogP contribution in [-0.4, -0.2) is 22.3 Å². The van der Waals surface area contributed by atoms with Gasteiger partial charge in [0.1, 0.15) is 0 Å². The zero-order valence-electron chi connectivity index (χ0n) is 11.7. The molecule has 0 spiro atoms. The average molecular weight is 252 g/mol. The molecule has 0 saturated heterocycles. The maximum absolute atomic E-state index is 5.44. The molecule has 1 rings (SSSR count). The van der Waals surface area contributed by atoms with E-state index in [0.717, 1.165) is 36.3 Å². The third-order valence-electron chi connectivity index (χ3n) is 3.01. The molecule has 0 unspecified atom stereocenters. The van der Waals surface area contributed by atoms with Crippen LogP contribution in [0.5, 0.6) is 0 Å². The van der Waals surface area contributed by atoms with Crippen molar-refractivity contribution in [1.29, 1.82) is 0 Å². The van der Waals surface area contributed by atoms with Crippen LogP contribution in [0.1, 0.15) is 36.7 Å². The minimum atomic E-state index is 0.587. The van der Waals surface area contributed by atoms with Crippen molar-refractivity contribution < 1.29 is 0 Å². The van der Waals surface area contributed by atoms with Crippen molar-refractivity contribution in [2.75, 3.05) is 6.54 Å². The van der Waals surface area contributed by atoms with Crippen molar-refractivity contribution in [3.05, 3.63) is 17.0 Å². The Hall–Kier alpha value is -1.56. The summed E-state index contributed by atoms with van der Waals surface area (Å²) in [5.41, 5.74) is 5.90. The second kappa shape index (κ2) is 7.00. The molecule has 0 aromatic carbocycles. The fraction of sp³-hybridized carbons (Fsp3) is 0.667. The summed E-state index contributed by atoms with van der Waals surface area (Å²) in [6, 6.07) is 0. The summed E-state index contributed by atoms with van der Waals surface area (Å²) in [7, 11) is 1.94. The number of unbranched alkanes of at least 4 members (excludes halogenated alkanes) is 1. The van der Waals surface area contributed by atoms with Gasteiger partial charge >= 0.3 is 0 Å². The van der Waals surface area contributed by atoms with Crippen molar-refractivity contribution >= 4 is 5.96 Å². The fourth-order valence-electron chi connectivity index (χ4n) is 1.74. The summed E-state index contributed by atoms with van der Waals surface area (Å²) in [6.45, 7) is 7.66. The Morgan fingerprint density at radius 2 is 2.17 bits per heavy atom. The van der Waals surface area contributed by atoms with Gasteiger partial charge in [-0.1, -0.05) is 13.3 Å². The molecule has 102 valence electrons. The van der Waals surface area contributed by atoms with E-state index in [1.165, 1.54) is 0 Å². The molecular weight excluding hydrogens is 228 g/mol. The van der Waals surface area contributed by atoms with Gasteiger partial charge in [-0.05, 0) is 20.3 Å². The number of aryl methyl sites for hydroxylation is 2. The first-order valence-corrected chi connectivity index (χ1v) is 6.34. The van der Waals surface area contributed by atoms with Gasteiger partial charge < -0.3 is 5.32 Å². The summed E-state index contributed by atoms with van der Waals surface area (Å²) in [6.07, 6.45) is 2.25. The number of hydrazine groups is 1. The first kappa shape index (κ1) is 14.5. The maximum atomic E-state index is 5.44. The van der Waals surface area contributed by atoms with Crippen LogP contribution in [-0.2, 0) is 13.6 Å². The number of nitrogens with two attached hydrogens (primary N) is 1. The Morgan fingerprint density at radius 1 is 1.44 bits per heavy atom. The van der Waals surface area contributed by atoms with Gasteiger partial charge in [0.05, 0.1) is 12.2 Å². The maximum Gasteiger partial charge on any atom is 0.206 e. The molecule has 0 amide bonds. The number of rotatable bonds is 5. The lowest BCUT2D eigenvalue weighted by molar-refractivity contribution is 0.727. The molecule has 6 nitrogen and oxygen atoms in total. The molecule has 1 heterocycles. The largest absolute Gasteiger partial charge is 0.355 e. The van der Waals surface area contributed by atoms with Crippen molar-refractivity contribution in [3.63, 3.8) is 0 Å². The van der Waals surface area contributed by atoms with Crippen LogP contribution in [0.2, 0.25) is 0 Å². The van der Waals surface area contributed by atoms with E-state index in [0.29, 0.717) is 12.5 Å². The quantitative estimate of drug-likeness (QED) is 0.237. The molecule has 0 atom stereocenters. The summed E-state index contributed by atoms with van der Waals surface area (Å²) < 4.78 is 1.88. The summed E-state index contributed by atoms with van der Waals surface area (Å²) >= 11 is 0. The fourth-order valence-corrected chi connectivity index (χ4v) is 1.74. The monoisotopic (exact) mass is 252 g/mol. The Morgan fingerprint density at radius 3 is 2.67 bits per heavy atom. The Labute approximate surface area is 109 Å². The summed E-state index contributed by atoms with van der Waals surface area (Å²) in [5.74, 6) is 6.07. The van der Waals surface area contributed by atoms with Crippen LogP contribution in [0.25, 0.3) is 0 Å². The van der Waals surface area contributed by atoms with Crippen molar-refractivity contribution in [3.8, 4) is 0 Å². The Kier molecular flexibility index (Phi) is 5.64. The van der Waals surface area contributed by atoms with E-state index in [1.54, 1.807) is 0 Å². The molecule has 0 aliphatic heterocycles. The highest BCUT2D eigenvalue weighted by molar-refractivity contribution is 5.79. The van der Waals surface area contributed by atoms with Crippen LogP contribution >= 0.6 is 0 Å². The van der Waals surface area contributed by atoms with Gasteiger partial charge in [-0.25, -0.2) is 10.8 Å². The SMILES string of the molecule is CCCCNC(=NCc1c(C)nn(C)c1C)NN. The predicted octanol–water partition coefficient (Wildman–Crippen LogP) is 0.746. The van der Waals surface area contributed by atoms with Crippen LogP contribution in [0.3, 0.4) is 0 Å². The second-order valence-electron chi connectivity index (χ2n) is 4.36. The van der Waals surface area contributed by atoms with Gasteiger partial charge in [0, 0.05) is 24.8 Å². The van der Waals surface area contributed by atoms with E-state index in [2.05, 4.69) is 27.8 Å². The van der Waals surface area contributed by atoms with Gasteiger partial charge in [0.2, 0.25) is 5.96 Å². The number of nitrogens with zero attached hydrogens (tertiary/aromatic N) is 3. The molecule has 0 aliphatic rings. The highest BCUT2D eigenvalue weighted by Gasteiger charge is 2.08. The van der Waals surface area contributed by atoms with Crippen LogP contribution in [0.4, 0.5) is 0 Å². The number of hydrogen-bond acceptors (Lipinski definition) is 3. The zero-order valence-corrected chi connectivity index (χ0v) is 11.7. The van der Waals surface area contributed by atoms with Gasteiger partial charge in [-0.15, -0.1) is 0 Å². The normalized spacial score (nSPS) is 11.7. The number of guanidine groups is 1. The third kappa shape index (κ3) is 3.73. The summed E-state index contributed by atoms with van der Waals surface area (Å²) in [4.78, 5) is 4.44. The first-order valence-electron chi connectivity index (χ1n) is 6.34. The van der Waals surface area contributed by atoms with Crippen molar-refractivity contribution in [1.82, 2.24) is 20.5 Å². The molecule has 0 aliphatic carbocycles. The van der Waals surface area contributed by atoms with Crippen molar-refractivity contribution in [2.24, 2.45) is 17.9 Å². The second-order valence-corrected chi connectivity index (χ2v) is 4.36. The molecule has 0 radical (unpaired) electrons. The average Bonchev–Trinajstić information content (AvgIpc) is 2.59. The summed E-state index contributed by atoms with van der Waals surface area (Å²) in [5, 5.41) is 7.54. The molecular formula is C12H24N6. The van der Waals surface area contributed by atoms with E-state index >= 15 is 0 Å². The van der Waals surface area contributed by atoms with E-state index in [-0.39, 0.29) is 0 Å². The lowest BCUT2D eigenvalue weighted by Gasteiger charge is -2.08. The van der Waals surface area contributed by atoms with Gasteiger partial charge in [0.15, 0.2) is 0 Å². The van der Waals surface area contributed by atoms with E-state index in [4.69, 9.17) is 5.84 Å². The molecule has 18 heavy (non-hydrogen) atoms. The standard InChI is InChI=1S/C12H24N6/c1-5-6-7-14-12(16-13)15-8-11-9(2)17-18(4)10(11)3/h5-8,13H2,1-4H3,(H2,14,15,16).